The molecule has 0 amide bonds. The molecule has 2 aromatic carbocycles. The van der Waals surface area contributed by atoms with E-state index in [4.69, 9.17) is 15.5 Å². The van der Waals surface area contributed by atoms with E-state index in [1.165, 1.54) is 0 Å². The number of fused-ring (bicyclic) bond motifs is 1. The number of nitrogen functional groups attached to an aromatic ring is 1. The Labute approximate surface area is 188 Å². The van der Waals surface area contributed by atoms with Crippen molar-refractivity contribution in [2.24, 2.45) is 7.05 Å². The Morgan fingerprint density at radius 2 is 1.97 bits per heavy atom. The van der Waals surface area contributed by atoms with Gasteiger partial charge in [-0.05, 0) is 25.1 Å². The number of hydrogen-bond acceptors (Lipinski definition) is 7. The Balaban J connectivity index is 1.77. The van der Waals surface area contributed by atoms with Gasteiger partial charge in [0, 0.05) is 56.5 Å². The van der Waals surface area contributed by atoms with Crippen LogP contribution < -0.4 is 26.0 Å². The molecule has 0 saturated carbocycles. The van der Waals surface area contributed by atoms with Crippen molar-refractivity contribution in [2.45, 2.75) is 6.92 Å². The molecular formula is C24H29N7O. The summed E-state index contributed by atoms with van der Waals surface area (Å²) >= 11 is 0. The second-order valence-corrected chi connectivity index (χ2v) is 7.76. The highest BCUT2D eigenvalue weighted by Crippen LogP contribution is 2.45. The summed E-state index contributed by atoms with van der Waals surface area (Å²) in [5.41, 5.74) is 12.5. The van der Waals surface area contributed by atoms with E-state index >= 15 is 0 Å². The average molecular weight is 432 g/mol. The quantitative estimate of drug-likeness (QED) is 0.372. The number of methoxy groups -OCH3 is 1. The number of aromatic nitrogens is 3. The fourth-order valence-corrected chi connectivity index (χ4v) is 4.04. The van der Waals surface area contributed by atoms with E-state index in [2.05, 4.69) is 38.5 Å². The van der Waals surface area contributed by atoms with Crippen molar-refractivity contribution in [1.29, 1.82) is 0 Å². The molecule has 0 aliphatic heterocycles. The molecule has 0 radical (unpaired) electrons. The van der Waals surface area contributed by atoms with Crippen LogP contribution in [0.4, 0.5) is 28.7 Å². The molecule has 0 unspecified atom stereocenters. The lowest BCUT2D eigenvalue weighted by atomic mass is 10.1. The largest absolute Gasteiger partial charge is 0.492 e. The van der Waals surface area contributed by atoms with Crippen LogP contribution in [-0.2, 0) is 7.05 Å². The normalized spacial score (nSPS) is 10.9. The van der Waals surface area contributed by atoms with Crippen LogP contribution in [0, 0.1) is 0 Å². The summed E-state index contributed by atoms with van der Waals surface area (Å²) in [5.74, 6) is 1.12. The zero-order valence-corrected chi connectivity index (χ0v) is 19.1. The summed E-state index contributed by atoms with van der Waals surface area (Å²) < 4.78 is 7.86. The van der Waals surface area contributed by atoms with Gasteiger partial charge < -0.3 is 30.6 Å². The molecular weight excluding hydrogens is 402 g/mol. The van der Waals surface area contributed by atoms with E-state index in [1.807, 2.05) is 57.2 Å². The zero-order valence-electron chi connectivity index (χ0n) is 19.1. The third-order valence-corrected chi connectivity index (χ3v) is 5.36. The molecule has 0 atom stereocenters. The number of benzene rings is 2. The smallest absolute Gasteiger partial charge is 0.227 e. The van der Waals surface area contributed by atoms with Crippen molar-refractivity contribution >= 4 is 39.6 Å². The van der Waals surface area contributed by atoms with Gasteiger partial charge in [-0.25, -0.2) is 9.97 Å². The Morgan fingerprint density at radius 1 is 1.19 bits per heavy atom. The summed E-state index contributed by atoms with van der Waals surface area (Å²) in [4.78, 5) is 11.2. The predicted molar refractivity (Wildman–Crippen MR) is 133 cm³/mol. The second-order valence-electron chi connectivity index (χ2n) is 7.76. The zero-order chi connectivity index (χ0) is 22.8. The van der Waals surface area contributed by atoms with Crippen LogP contribution >= 0.6 is 0 Å². The fraction of sp³-hybridized carbons (Fsp3) is 0.250. The van der Waals surface area contributed by atoms with Crippen molar-refractivity contribution in [3.8, 4) is 17.0 Å². The molecule has 0 aliphatic rings. The fourth-order valence-electron chi connectivity index (χ4n) is 4.04. The number of nitrogens with zero attached hydrogens (tertiary/aromatic N) is 4. The number of nitrogens with two attached hydrogens (primary N) is 1. The number of hydrogen-bond donors (Lipinski definition) is 3. The first-order chi connectivity index (χ1) is 15.4. The first-order valence-corrected chi connectivity index (χ1v) is 10.5. The predicted octanol–water partition coefficient (Wildman–Crippen LogP) is 4.47. The molecule has 0 aliphatic carbocycles. The second kappa shape index (κ2) is 8.66. The third kappa shape index (κ3) is 3.75. The topological polar surface area (TPSA) is 93.3 Å². The minimum Gasteiger partial charge on any atom is -0.492 e. The highest BCUT2D eigenvalue weighted by Gasteiger charge is 2.20. The van der Waals surface area contributed by atoms with Crippen LogP contribution in [0.2, 0.25) is 0 Å². The summed E-state index contributed by atoms with van der Waals surface area (Å²) in [6.45, 7) is 2.76. The van der Waals surface area contributed by atoms with Crippen molar-refractivity contribution in [2.75, 3.05) is 49.0 Å². The molecule has 8 nitrogen and oxygen atoms in total. The molecule has 0 fully saturated rings. The molecule has 2 heterocycles. The van der Waals surface area contributed by atoms with Crippen LogP contribution in [0.25, 0.3) is 22.2 Å². The monoisotopic (exact) mass is 431 g/mol. The molecule has 166 valence electrons. The summed E-state index contributed by atoms with van der Waals surface area (Å²) in [7, 11) is 7.59. The van der Waals surface area contributed by atoms with Gasteiger partial charge in [-0.15, -0.1) is 0 Å². The van der Waals surface area contributed by atoms with E-state index in [9.17, 15) is 0 Å². The van der Waals surface area contributed by atoms with Crippen molar-refractivity contribution < 1.29 is 4.74 Å². The molecule has 4 aromatic rings. The summed E-state index contributed by atoms with van der Waals surface area (Å²) in [5, 5.41) is 7.82. The number of aryl methyl sites for hydroxylation is 1. The summed E-state index contributed by atoms with van der Waals surface area (Å²) in [6.07, 6.45) is 3.84. The van der Waals surface area contributed by atoms with Crippen LogP contribution in [0.1, 0.15) is 6.92 Å². The van der Waals surface area contributed by atoms with E-state index in [1.54, 1.807) is 13.3 Å². The van der Waals surface area contributed by atoms with Gasteiger partial charge in [-0.1, -0.05) is 18.2 Å². The highest BCUT2D eigenvalue weighted by molar-refractivity contribution is 5.96. The van der Waals surface area contributed by atoms with Gasteiger partial charge in [0.25, 0.3) is 0 Å². The van der Waals surface area contributed by atoms with Gasteiger partial charge in [0.05, 0.1) is 29.9 Å². The first-order valence-electron chi connectivity index (χ1n) is 10.5. The van der Waals surface area contributed by atoms with Gasteiger partial charge in [0.15, 0.2) is 5.75 Å². The van der Waals surface area contributed by atoms with Crippen molar-refractivity contribution in [1.82, 2.24) is 14.5 Å². The Hall–Kier alpha value is -3.94. The van der Waals surface area contributed by atoms with Crippen LogP contribution in [-0.4, -0.2) is 42.3 Å². The molecule has 32 heavy (non-hydrogen) atoms. The Kier molecular flexibility index (Phi) is 5.77. The van der Waals surface area contributed by atoms with Crippen LogP contribution in [0.15, 0.2) is 48.8 Å². The van der Waals surface area contributed by atoms with Crippen molar-refractivity contribution in [3.63, 3.8) is 0 Å². The number of nitrogens with one attached hydrogen (secondary N) is 2. The van der Waals surface area contributed by atoms with Gasteiger partial charge in [-0.3, -0.25) is 0 Å². The SMILES string of the molecule is CCNc1c(OC)c(Nc2nccc(-c3cn(C)c4ccccc34)n2)cc(N)c1N(C)C. The van der Waals surface area contributed by atoms with Gasteiger partial charge >= 0.3 is 0 Å². The lowest BCUT2D eigenvalue weighted by Crippen LogP contribution is -2.16. The van der Waals surface area contributed by atoms with E-state index in [0.717, 1.165) is 40.1 Å². The van der Waals surface area contributed by atoms with E-state index in [0.29, 0.717) is 23.1 Å². The molecule has 4 N–H and O–H groups in total. The lowest BCUT2D eigenvalue weighted by molar-refractivity contribution is 0.418. The molecule has 2 aromatic heterocycles. The molecule has 0 spiro atoms. The maximum atomic E-state index is 6.40. The molecule has 0 saturated heterocycles. The minimum atomic E-state index is 0.466. The van der Waals surface area contributed by atoms with Gasteiger partial charge in [0.1, 0.15) is 5.69 Å². The molecule has 0 bridgehead atoms. The highest BCUT2D eigenvalue weighted by atomic mass is 16.5. The number of rotatable bonds is 7. The standard InChI is InChI=1S/C24H29N7O/c1-6-26-21-22(30(2)3)17(25)13-19(23(21)32-5)29-24-27-12-11-18(28-24)16-14-31(4)20-10-8-7-9-15(16)20/h7-14,26H,6,25H2,1-5H3,(H,27,28,29). The van der Waals surface area contributed by atoms with Crippen LogP contribution in [0.3, 0.4) is 0 Å². The third-order valence-electron chi connectivity index (χ3n) is 5.36. The Bertz CT molecular complexity index is 1260. The van der Waals surface area contributed by atoms with Gasteiger partial charge in [0.2, 0.25) is 5.95 Å². The molecule has 8 heteroatoms. The summed E-state index contributed by atoms with van der Waals surface area (Å²) in [6, 6.07) is 12.0. The Morgan fingerprint density at radius 3 is 2.69 bits per heavy atom. The van der Waals surface area contributed by atoms with Crippen molar-refractivity contribution in [3.05, 3.63) is 48.8 Å². The van der Waals surface area contributed by atoms with E-state index < -0.39 is 0 Å². The average Bonchev–Trinajstić information content (AvgIpc) is 3.11. The number of anilines is 5. The number of ether oxygens (including phenoxy) is 1. The van der Waals surface area contributed by atoms with E-state index in [-0.39, 0.29) is 0 Å². The van der Waals surface area contributed by atoms with Crippen LogP contribution in [0.5, 0.6) is 5.75 Å². The maximum Gasteiger partial charge on any atom is 0.227 e. The minimum absolute atomic E-state index is 0.466. The molecule has 4 rings (SSSR count). The van der Waals surface area contributed by atoms with Gasteiger partial charge in [-0.2, -0.15) is 0 Å². The first kappa shape index (κ1) is 21.3. The number of para-hydroxylation sites is 1. The lowest BCUT2D eigenvalue weighted by Gasteiger charge is -2.24. The maximum absolute atomic E-state index is 6.40.